The molecule has 0 aliphatic heterocycles. The van der Waals surface area contributed by atoms with Gasteiger partial charge in [-0.15, -0.1) is 0 Å². The molecule has 0 unspecified atom stereocenters. The highest BCUT2D eigenvalue weighted by Crippen LogP contribution is 2.23. The summed E-state index contributed by atoms with van der Waals surface area (Å²) in [5.74, 6) is -1.61. The van der Waals surface area contributed by atoms with Gasteiger partial charge in [0.25, 0.3) is 5.91 Å². The van der Waals surface area contributed by atoms with Crippen LogP contribution in [0.1, 0.15) is 17.3 Å². The summed E-state index contributed by atoms with van der Waals surface area (Å²) in [7, 11) is 0. The van der Waals surface area contributed by atoms with Crippen LogP contribution in [0.25, 0.3) is 0 Å². The maximum absolute atomic E-state index is 13.4. The van der Waals surface area contributed by atoms with Gasteiger partial charge < -0.3 is 14.8 Å². The van der Waals surface area contributed by atoms with Crippen molar-refractivity contribution in [3.05, 3.63) is 59.9 Å². The minimum Gasteiger partial charge on any atom is -0.492 e. The van der Waals surface area contributed by atoms with Gasteiger partial charge in [0.15, 0.2) is 6.61 Å². The van der Waals surface area contributed by atoms with Gasteiger partial charge in [0.05, 0.1) is 17.9 Å². The number of carbonyl (C=O) groups is 2. The topological polar surface area (TPSA) is 64.6 Å². The molecule has 0 radical (unpaired) electrons. The Kier molecular flexibility index (Phi) is 5.68. The lowest BCUT2D eigenvalue weighted by Crippen LogP contribution is -2.21. The second kappa shape index (κ2) is 7.93. The van der Waals surface area contributed by atoms with E-state index in [2.05, 4.69) is 5.32 Å². The third-order valence-electron chi connectivity index (χ3n) is 2.89. The van der Waals surface area contributed by atoms with Crippen molar-refractivity contribution in [3.63, 3.8) is 0 Å². The average molecular weight is 317 g/mol. The van der Waals surface area contributed by atoms with E-state index in [1.807, 2.05) is 6.92 Å². The second-order valence-corrected chi connectivity index (χ2v) is 4.53. The molecule has 2 rings (SSSR count). The molecule has 1 N–H and O–H groups in total. The van der Waals surface area contributed by atoms with E-state index in [9.17, 15) is 14.0 Å². The molecule has 23 heavy (non-hydrogen) atoms. The first-order valence-electron chi connectivity index (χ1n) is 7.05. The van der Waals surface area contributed by atoms with Gasteiger partial charge in [0.2, 0.25) is 0 Å². The number of benzene rings is 2. The third-order valence-corrected chi connectivity index (χ3v) is 2.89. The summed E-state index contributed by atoms with van der Waals surface area (Å²) in [5.41, 5.74) is 0.260. The van der Waals surface area contributed by atoms with E-state index in [4.69, 9.17) is 9.47 Å². The van der Waals surface area contributed by atoms with E-state index in [0.29, 0.717) is 18.0 Å². The third kappa shape index (κ3) is 4.54. The molecule has 0 atom stereocenters. The predicted octanol–water partition coefficient (Wildman–Crippen LogP) is 3.02. The van der Waals surface area contributed by atoms with Gasteiger partial charge in [-0.1, -0.05) is 24.3 Å². The summed E-state index contributed by atoms with van der Waals surface area (Å²) in [4.78, 5) is 23.6. The highest BCUT2D eigenvalue weighted by atomic mass is 19.1. The molecule has 1 amide bonds. The molecule has 0 saturated carbocycles. The van der Waals surface area contributed by atoms with E-state index < -0.39 is 24.3 Å². The normalized spacial score (nSPS) is 10.0. The lowest BCUT2D eigenvalue weighted by molar-refractivity contribution is -0.119. The Balaban J connectivity index is 1.93. The quantitative estimate of drug-likeness (QED) is 0.832. The molecule has 0 aliphatic rings. The minimum absolute atomic E-state index is 0.213. The zero-order valence-electron chi connectivity index (χ0n) is 12.5. The van der Waals surface area contributed by atoms with Crippen LogP contribution >= 0.6 is 0 Å². The van der Waals surface area contributed by atoms with Crippen LogP contribution in [-0.4, -0.2) is 25.1 Å². The molecule has 5 nitrogen and oxygen atoms in total. The molecule has 120 valence electrons. The maximum atomic E-state index is 13.4. The van der Waals surface area contributed by atoms with Gasteiger partial charge in [0.1, 0.15) is 11.6 Å². The van der Waals surface area contributed by atoms with E-state index in [1.165, 1.54) is 18.2 Å². The van der Waals surface area contributed by atoms with Crippen LogP contribution in [0, 0.1) is 5.82 Å². The van der Waals surface area contributed by atoms with E-state index >= 15 is 0 Å². The van der Waals surface area contributed by atoms with Crippen LogP contribution in [-0.2, 0) is 9.53 Å². The number of carbonyl (C=O) groups excluding carboxylic acids is 2. The SMILES string of the molecule is CCOc1ccccc1NC(=O)COC(=O)c1ccccc1F. The van der Waals surface area contributed by atoms with Crippen molar-refractivity contribution in [2.45, 2.75) is 6.92 Å². The second-order valence-electron chi connectivity index (χ2n) is 4.53. The van der Waals surface area contributed by atoms with E-state index in [1.54, 1.807) is 24.3 Å². The molecule has 0 aliphatic carbocycles. The Morgan fingerprint density at radius 3 is 2.52 bits per heavy atom. The highest BCUT2D eigenvalue weighted by molar-refractivity contribution is 5.96. The van der Waals surface area contributed by atoms with Crippen molar-refractivity contribution in [2.75, 3.05) is 18.5 Å². The Bertz CT molecular complexity index is 702. The summed E-state index contributed by atoms with van der Waals surface area (Å²) in [5, 5.41) is 2.58. The molecule has 0 aromatic heterocycles. The van der Waals surface area contributed by atoms with Crippen molar-refractivity contribution in [1.82, 2.24) is 0 Å². The average Bonchev–Trinajstić information content (AvgIpc) is 2.55. The number of nitrogens with one attached hydrogen (secondary N) is 1. The zero-order valence-corrected chi connectivity index (χ0v) is 12.5. The van der Waals surface area contributed by atoms with Crippen molar-refractivity contribution < 1.29 is 23.5 Å². The van der Waals surface area contributed by atoms with Gasteiger partial charge in [-0.2, -0.15) is 0 Å². The van der Waals surface area contributed by atoms with Crippen molar-refractivity contribution in [2.24, 2.45) is 0 Å². The molecule has 2 aromatic rings. The number of rotatable bonds is 6. The summed E-state index contributed by atoms with van der Waals surface area (Å²) >= 11 is 0. The number of para-hydroxylation sites is 2. The largest absolute Gasteiger partial charge is 0.492 e. The summed E-state index contributed by atoms with van der Waals surface area (Å²) in [6, 6.07) is 12.3. The van der Waals surface area contributed by atoms with Crippen molar-refractivity contribution in [3.8, 4) is 5.75 Å². The van der Waals surface area contributed by atoms with Crippen LogP contribution in [0.3, 0.4) is 0 Å². The fourth-order valence-corrected chi connectivity index (χ4v) is 1.87. The number of anilines is 1. The van der Waals surface area contributed by atoms with Crippen molar-refractivity contribution in [1.29, 1.82) is 0 Å². The predicted molar refractivity (Wildman–Crippen MR) is 82.9 cm³/mol. The number of amides is 1. The van der Waals surface area contributed by atoms with Gasteiger partial charge in [-0.3, -0.25) is 4.79 Å². The lowest BCUT2D eigenvalue weighted by Gasteiger charge is -2.11. The number of hydrogen-bond donors (Lipinski definition) is 1. The molecule has 0 bridgehead atoms. The minimum atomic E-state index is -0.892. The Labute approximate surface area is 133 Å². The Morgan fingerprint density at radius 2 is 1.78 bits per heavy atom. The summed E-state index contributed by atoms with van der Waals surface area (Å²) in [6.45, 7) is 1.76. The fraction of sp³-hybridized carbons (Fsp3) is 0.176. The molecule has 2 aromatic carbocycles. The molecule has 6 heteroatoms. The Hall–Kier alpha value is -2.89. The summed E-state index contributed by atoms with van der Waals surface area (Å²) < 4.78 is 23.6. The molecule has 0 saturated heterocycles. The number of esters is 1. The van der Waals surface area contributed by atoms with Gasteiger partial charge >= 0.3 is 5.97 Å². The monoisotopic (exact) mass is 317 g/mol. The first kappa shape index (κ1) is 16.5. The maximum Gasteiger partial charge on any atom is 0.341 e. The smallest absolute Gasteiger partial charge is 0.341 e. The number of ether oxygens (including phenoxy) is 2. The highest BCUT2D eigenvalue weighted by Gasteiger charge is 2.15. The van der Waals surface area contributed by atoms with Crippen LogP contribution < -0.4 is 10.1 Å². The first-order chi connectivity index (χ1) is 11.1. The van der Waals surface area contributed by atoms with Crippen LogP contribution in [0.5, 0.6) is 5.75 Å². The lowest BCUT2D eigenvalue weighted by atomic mass is 10.2. The van der Waals surface area contributed by atoms with Gasteiger partial charge in [0, 0.05) is 0 Å². The van der Waals surface area contributed by atoms with Crippen molar-refractivity contribution >= 4 is 17.6 Å². The zero-order chi connectivity index (χ0) is 16.7. The summed E-state index contributed by atoms with van der Waals surface area (Å²) in [6.07, 6.45) is 0. The van der Waals surface area contributed by atoms with E-state index in [-0.39, 0.29) is 5.56 Å². The molecular formula is C17H16FNO4. The van der Waals surface area contributed by atoms with Crippen LogP contribution in [0.4, 0.5) is 10.1 Å². The molecule has 0 heterocycles. The number of halogens is 1. The fourth-order valence-electron chi connectivity index (χ4n) is 1.87. The van der Waals surface area contributed by atoms with Crippen LogP contribution in [0.2, 0.25) is 0 Å². The molecule has 0 fully saturated rings. The van der Waals surface area contributed by atoms with Gasteiger partial charge in [-0.25, -0.2) is 9.18 Å². The van der Waals surface area contributed by atoms with Crippen LogP contribution in [0.15, 0.2) is 48.5 Å². The van der Waals surface area contributed by atoms with Gasteiger partial charge in [-0.05, 0) is 31.2 Å². The Morgan fingerprint density at radius 1 is 1.09 bits per heavy atom. The van der Waals surface area contributed by atoms with E-state index in [0.717, 1.165) is 6.07 Å². The first-order valence-corrected chi connectivity index (χ1v) is 7.05. The molecular weight excluding hydrogens is 301 g/mol. The standard InChI is InChI=1S/C17H16FNO4/c1-2-22-15-10-6-5-9-14(15)19-16(20)11-23-17(21)12-7-3-4-8-13(12)18/h3-10H,2,11H2,1H3,(H,19,20). The molecule has 0 spiro atoms. The number of hydrogen-bond acceptors (Lipinski definition) is 4.